The molecule has 0 saturated carbocycles. The van der Waals surface area contributed by atoms with Crippen LogP contribution < -0.4 is 0 Å². The Morgan fingerprint density at radius 1 is 0.820 bits per heavy atom. The summed E-state index contributed by atoms with van der Waals surface area (Å²) in [6.07, 6.45) is -7.70. The maximum Gasteiger partial charge on any atom is 0.303 e. The molecule has 4 fully saturated rings. The normalized spacial score (nSPS) is 36.5. The number of hydrogen-bond acceptors (Lipinski definition) is 15. The largest absolute Gasteiger partial charge is 0.465 e. The van der Waals surface area contributed by atoms with Gasteiger partial charge in [-0.2, -0.15) is 0 Å². The van der Waals surface area contributed by atoms with Crippen LogP contribution >= 0.6 is 11.8 Å². The molecule has 4 aliphatic heterocycles. The van der Waals surface area contributed by atoms with Crippen LogP contribution in [0, 0.1) is 0 Å². The van der Waals surface area contributed by atoms with Gasteiger partial charge in [0.25, 0.3) is 5.97 Å². The molecule has 0 aliphatic carbocycles. The average molecular weight is 719 g/mol. The SMILES string of the molecule is CO[C@H]1O[C@@H]2CO[C@@H](c3ccccc3)O[C@H]2[C@H](OCc2ccccc2)[C@H]1O[C@@]1(C)O[C@@H]2[C@@H](OC(C)=O)[C@H](OC(C)=O)[C@@H](COC(C)=O)S[C@@H]2O1. The molecule has 4 saturated heterocycles. The fourth-order valence-corrected chi connectivity index (χ4v) is 7.93. The second kappa shape index (κ2) is 16.0. The lowest BCUT2D eigenvalue weighted by Gasteiger charge is -2.49. The van der Waals surface area contributed by atoms with Crippen molar-refractivity contribution in [1.29, 1.82) is 0 Å². The van der Waals surface area contributed by atoms with Crippen molar-refractivity contribution in [1.82, 2.24) is 0 Å². The van der Waals surface area contributed by atoms with Crippen LogP contribution in [0.15, 0.2) is 60.7 Å². The van der Waals surface area contributed by atoms with Gasteiger partial charge in [-0.25, -0.2) is 0 Å². The van der Waals surface area contributed by atoms with E-state index >= 15 is 0 Å². The zero-order valence-electron chi connectivity index (χ0n) is 28.4. The molecule has 0 bridgehead atoms. The summed E-state index contributed by atoms with van der Waals surface area (Å²) in [5.41, 5.74) is 0.966. The Balaban J connectivity index is 1.28. The maximum absolute atomic E-state index is 12.3. The van der Waals surface area contributed by atoms with E-state index < -0.39 is 89.9 Å². The fourth-order valence-electron chi connectivity index (χ4n) is 6.48. The highest BCUT2D eigenvalue weighted by Crippen LogP contribution is 2.48. The highest BCUT2D eigenvalue weighted by Gasteiger charge is 2.61. The van der Waals surface area contributed by atoms with Gasteiger partial charge in [-0.05, 0) is 5.56 Å². The average Bonchev–Trinajstić information content (AvgIpc) is 3.43. The molecule has 2 aromatic carbocycles. The second-order valence-corrected chi connectivity index (χ2v) is 13.7. The van der Waals surface area contributed by atoms with Crippen molar-refractivity contribution < 1.29 is 66.5 Å². The number of carbonyl (C=O) groups excluding carboxylic acids is 3. The molecule has 50 heavy (non-hydrogen) atoms. The number of carbonyl (C=O) groups is 3. The lowest BCUT2D eigenvalue weighted by Crippen LogP contribution is -2.64. The summed E-state index contributed by atoms with van der Waals surface area (Å²) in [7, 11) is 1.49. The van der Waals surface area contributed by atoms with E-state index in [0.29, 0.717) is 0 Å². The van der Waals surface area contributed by atoms with Gasteiger partial charge in [-0.15, -0.1) is 11.8 Å². The van der Waals surface area contributed by atoms with Gasteiger partial charge < -0.3 is 52.1 Å². The minimum atomic E-state index is -1.77. The Hall–Kier alpha value is -3.12. The molecule has 14 nitrogen and oxygen atoms in total. The van der Waals surface area contributed by atoms with Gasteiger partial charge in [0.05, 0.1) is 18.5 Å². The Kier molecular flexibility index (Phi) is 11.8. The van der Waals surface area contributed by atoms with Crippen LogP contribution in [-0.2, 0) is 73.1 Å². The minimum absolute atomic E-state index is 0.136. The number of benzene rings is 2. The molecular formula is C35H42O14S. The lowest BCUT2D eigenvalue weighted by molar-refractivity contribution is -0.420. The van der Waals surface area contributed by atoms with Gasteiger partial charge in [-0.1, -0.05) is 60.7 Å². The maximum atomic E-state index is 12.3. The summed E-state index contributed by atoms with van der Waals surface area (Å²) in [4.78, 5) is 36.2. The van der Waals surface area contributed by atoms with Crippen molar-refractivity contribution in [2.24, 2.45) is 0 Å². The summed E-state index contributed by atoms with van der Waals surface area (Å²) in [5.74, 6) is -3.54. The second-order valence-electron chi connectivity index (χ2n) is 12.4. The zero-order valence-corrected chi connectivity index (χ0v) is 29.2. The van der Waals surface area contributed by atoms with Crippen molar-refractivity contribution in [3.8, 4) is 0 Å². The number of ether oxygens (including phenoxy) is 11. The molecule has 12 atom stereocenters. The monoisotopic (exact) mass is 718 g/mol. The van der Waals surface area contributed by atoms with Crippen LogP contribution in [0.1, 0.15) is 45.1 Å². The van der Waals surface area contributed by atoms with Gasteiger partial charge in [0.2, 0.25) is 0 Å². The molecule has 4 heterocycles. The summed E-state index contributed by atoms with van der Waals surface area (Å²) >= 11 is 1.21. The molecule has 0 aromatic heterocycles. The first kappa shape index (κ1) is 36.7. The highest BCUT2D eigenvalue weighted by molar-refractivity contribution is 8.00. The van der Waals surface area contributed by atoms with Crippen molar-refractivity contribution in [2.45, 2.75) is 106 Å². The fraction of sp³-hybridized carbons (Fsp3) is 0.571. The minimum Gasteiger partial charge on any atom is -0.465 e. The Bertz CT molecular complexity index is 1460. The van der Waals surface area contributed by atoms with Gasteiger partial charge in [0.1, 0.15) is 42.6 Å². The first-order valence-electron chi connectivity index (χ1n) is 16.4. The van der Waals surface area contributed by atoms with E-state index in [4.69, 9.17) is 52.1 Å². The molecule has 4 aliphatic rings. The Morgan fingerprint density at radius 2 is 1.50 bits per heavy atom. The van der Waals surface area contributed by atoms with Crippen molar-refractivity contribution in [2.75, 3.05) is 20.3 Å². The van der Waals surface area contributed by atoms with Crippen LogP contribution in [0.2, 0.25) is 0 Å². The molecule has 2 aromatic rings. The molecule has 6 rings (SSSR count). The number of esters is 3. The molecule has 0 spiro atoms. The standard InChI is InChI=1S/C35H42O14S/c1-19(36)40-18-25-27(43-20(2)37)29(44-21(3)38)31-34(50-25)49-35(4,48-31)47-30-28(41-16-22-12-8-6-9-13-22)26-24(45-33(30)39-5)17-42-32(46-26)23-14-10-7-11-15-23/h6-15,24-34H,16-18H2,1-5H3/t24-,25-,26-,27-,28+,29+,30-,31-,32-,33+,34+,35+/m1/s1. The molecule has 15 heteroatoms. The molecular weight excluding hydrogens is 676 g/mol. The third kappa shape index (κ3) is 8.49. The summed E-state index contributed by atoms with van der Waals surface area (Å²) in [6, 6.07) is 19.2. The number of thioether (sulfide) groups is 1. The number of hydrogen-bond donors (Lipinski definition) is 0. The van der Waals surface area contributed by atoms with E-state index in [2.05, 4.69) is 0 Å². The van der Waals surface area contributed by atoms with Crippen LogP contribution in [0.25, 0.3) is 0 Å². The predicted molar refractivity (Wildman–Crippen MR) is 173 cm³/mol. The third-order valence-electron chi connectivity index (χ3n) is 8.55. The number of methoxy groups -OCH3 is 1. The molecule has 272 valence electrons. The van der Waals surface area contributed by atoms with Gasteiger partial charge >= 0.3 is 17.9 Å². The lowest BCUT2D eigenvalue weighted by atomic mass is 9.97. The summed E-state index contributed by atoms with van der Waals surface area (Å²) < 4.78 is 67.3. The molecule has 0 radical (unpaired) electrons. The van der Waals surface area contributed by atoms with Gasteiger partial charge in [-0.3, -0.25) is 14.4 Å². The first-order chi connectivity index (χ1) is 24.0. The molecule has 0 N–H and O–H groups in total. The zero-order chi connectivity index (χ0) is 35.4. The van der Waals surface area contributed by atoms with E-state index in [1.54, 1.807) is 6.92 Å². The summed E-state index contributed by atoms with van der Waals surface area (Å²) in [5, 5.41) is -0.655. The highest BCUT2D eigenvalue weighted by atomic mass is 32.2. The summed E-state index contributed by atoms with van der Waals surface area (Å²) in [6.45, 7) is 5.61. The van der Waals surface area contributed by atoms with Crippen LogP contribution in [0.5, 0.6) is 0 Å². The van der Waals surface area contributed by atoms with E-state index in [1.807, 2.05) is 60.7 Å². The van der Waals surface area contributed by atoms with Crippen molar-refractivity contribution in [3.05, 3.63) is 71.8 Å². The van der Waals surface area contributed by atoms with Crippen LogP contribution in [0.4, 0.5) is 0 Å². The number of fused-ring (bicyclic) bond motifs is 2. The van der Waals surface area contributed by atoms with E-state index in [1.165, 1.54) is 39.6 Å². The Labute approximate surface area is 294 Å². The molecule has 0 amide bonds. The molecule has 0 unspecified atom stereocenters. The van der Waals surface area contributed by atoms with E-state index in [0.717, 1.165) is 11.1 Å². The third-order valence-corrected chi connectivity index (χ3v) is 9.94. The van der Waals surface area contributed by atoms with Gasteiger partial charge in [0, 0.05) is 40.4 Å². The first-order valence-corrected chi connectivity index (χ1v) is 17.3. The van der Waals surface area contributed by atoms with Crippen molar-refractivity contribution in [3.63, 3.8) is 0 Å². The van der Waals surface area contributed by atoms with Gasteiger partial charge in [0.15, 0.2) is 24.8 Å². The topological polar surface area (TPSA) is 153 Å². The smallest absolute Gasteiger partial charge is 0.303 e. The van der Waals surface area contributed by atoms with E-state index in [-0.39, 0.29) is 19.8 Å². The predicted octanol–water partition coefficient (Wildman–Crippen LogP) is 3.40. The van der Waals surface area contributed by atoms with E-state index in [9.17, 15) is 14.4 Å². The van der Waals surface area contributed by atoms with Crippen LogP contribution in [-0.4, -0.2) is 104 Å². The Morgan fingerprint density at radius 3 is 2.16 bits per heavy atom. The van der Waals surface area contributed by atoms with Crippen molar-refractivity contribution >= 4 is 29.7 Å². The number of rotatable bonds is 11. The quantitative estimate of drug-likeness (QED) is 0.246. The van der Waals surface area contributed by atoms with Crippen LogP contribution in [0.3, 0.4) is 0 Å².